The van der Waals surface area contributed by atoms with Crippen molar-refractivity contribution in [3.05, 3.63) is 54.0 Å². The van der Waals surface area contributed by atoms with Crippen LogP contribution in [-0.4, -0.2) is 35.5 Å². The van der Waals surface area contributed by atoms with E-state index in [1.165, 1.54) is 6.42 Å². The molecule has 0 radical (unpaired) electrons. The number of carbonyl (C=O) groups excluding carboxylic acids is 2. The minimum atomic E-state index is -0.332. The molecule has 1 aromatic carbocycles. The van der Waals surface area contributed by atoms with Gasteiger partial charge in [0, 0.05) is 24.8 Å². The van der Waals surface area contributed by atoms with Gasteiger partial charge in [0.25, 0.3) is 5.91 Å². The fourth-order valence-corrected chi connectivity index (χ4v) is 3.31. The van der Waals surface area contributed by atoms with E-state index in [4.69, 9.17) is 4.42 Å². The fraction of sp³-hybridized carbons (Fsp3) is 0.250. The molecule has 0 spiro atoms. The van der Waals surface area contributed by atoms with Gasteiger partial charge in [-0.25, -0.2) is 0 Å². The van der Waals surface area contributed by atoms with Crippen LogP contribution in [0.3, 0.4) is 0 Å². The first-order valence-corrected chi connectivity index (χ1v) is 8.99. The second kappa shape index (κ2) is 7.49. The van der Waals surface area contributed by atoms with Crippen LogP contribution in [0.5, 0.6) is 0 Å². The van der Waals surface area contributed by atoms with Gasteiger partial charge in [0.05, 0.1) is 23.1 Å². The molecular weight excluding hydrogens is 344 g/mol. The zero-order valence-corrected chi connectivity index (χ0v) is 14.8. The number of hydrogen-bond donors (Lipinski definition) is 2. The number of anilines is 2. The summed E-state index contributed by atoms with van der Waals surface area (Å²) >= 11 is 0. The van der Waals surface area contributed by atoms with E-state index >= 15 is 0 Å². The Morgan fingerprint density at radius 3 is 2.78 bits per heavy atom. The van der Waals surface area contributed by atoms with Gasteiger partial charge in [0.1, 0.15) is 12.0 Å². The highest BCUT2D eigenvalue weighted by molar-refractivity contribution is 6.04. The minimum Gasteiger partial charge on any atom is -0.451 e. The van der Waals surface area contributed by atoms with Crippen LogP contribution in [0.15, 0.2) is 47.1 Å². The lowest BCUT2D eigenvalue weighted by atomic mass is 10.1. The van der Waals surface area contributed by atoms with Crippen molar-refractivity contribution in [2.24, 2.45) is 0 Å². The number of aldehydes is 1. The molecule has 0 aliphatic carbocycles. The molecule has 27 heavy (non-hydrogen) atoms. The first kappa shape index (κ1) is 17.1. The summed E-state index contributed by atoms with van der Waals surface area (Å²) in [6.45, 7) is 1.83. The smallest absolute Gasteiger partial charge is 0.291 e. The predicted octanol–water partition coefficient (Wildman–Crippen LogP) is 3.72. The maximum Gasteiger partial charge on any atom is 0.291 e. The Bertz CT molecular complexity index is 940. The first-order chi connectivity index (χ1) is 13.2. The van der Waals surface area contributed by atoms with Crippen LogP contribution >= 0.6 is 0 Å². The number of nitrogens with one attached hydrogen (secondary N) is 2. The van der Waals surface area contributed by atoms with E-state index in [9.17, 15) is 9.59 Å². The molecule has 1 aliphatic heterocycles. The molecule has 1 fully saturated rings. The third-order valence-electron chi connectivity index (χ3n) is 4.72. The van der Waals surface area contributed by atoms with Gasteiger partial charge >= 0.3 is 0 Å². The van der Waals surface area contributed by atoms with Crippen LogP contribution in [0.4, 0.5) is 11.4 Å². The summed E-state index contributed by atoms with van der Waals surface area (Å²) in [5.74, 6) is 0.457. The van der Waals surface area contributed by atoms with Gasteiger partial charge in [-0.2, -0.15) is 5.10 Å². The average Bonchev–Trinajstić information content (AvgIpc) is 3.40. The van der Waals surface area contributed by atoms with E-state index in [0.717, 1.165) is 43.5 Å². The molecule has 7 nitrogen and oxygen atoms in total. The highest BCUT2D eigenvalue weighted by Crippen LogP contribution is 2.30. The van der Waals surface area contributed by atoms with E-state index in [1.807, 2.05) is 6.07 Å². The highest BCUT2D eigenvalue weighted by atomic mass is 16.3. The number of carbonyl (C=O) groups is 2. The number of H-pyrrole nitrogens is 1. The Hall–Kier alpha value is -3.35. The zero-order valence-electron chi connectivity index (χ0n) is 14.8. The second-order valence-electron chi connectivity index (χ2n) is 6.55. The number of furan rings is 1. The molecule has 0 saturated carbocycles. The third kappa shape index (κ3) is 3.62. The summed E-state index contributed by atoms with van der Waals surface area (Å²) in [5, 5.41) is 9.52. The maximum absolute atomic E-state index is 12.7. The van der Waals surface area contributed by atoms with Crippen LogP contribution < -0.4 is 10.2 Å². The number of nitrogens with zero attached hydrogens (tertiary/aromatic N) is 2. The molecule has 7 heteroatoms. The van der Waals surface area contributed by atoms with Gasteiger partial charge in [-0.05, 0) is 49.6 Å². The molecule has 138 valence electrons. The fourth-order valence-electron chi connectivity index (χ4n) is 3.31. The maximum atomic E-state index is 12.7. The van der Waals surface area contributed by atoms with Crippen molar-refractivity contribution in [3.63, 3.8) is 0 Å². The van der Waals surface area contributed by atoms with E-state index in [2.05, 4.69) is 20.4 Å². The molecule has 1 amide bonds. The molecule has 4 rings (SSSR count). The van der Waals surface area contributed by atoms with E-state index < -0.39 is 0 Å². The normalized spacial score (nSPS) is 14.1. The van der Waals surface area contributed by atoms with E-state index in [1.54, 1.807) is 36.7 Å². The number of aromatic amines is 1. The van der Waals surface area contributed by atoms with E-state index in [0.29, 0.717) is 17.0 Å². The lowest BCUT2D eigenvalue weighted by Gasteiger charge is -2.30. The SMILES string of the molecule is O=Cc1ccc(NC(=O)c2ccc(-c3cn[nH]c3)o2)c(N2CCCCC2)c1. The Labute approximate surface area is 156 Å². The second-order valence-corrected chi connectivity index (χ2v) is 6.55. The summed E-state index contributed by atoms with van der Waals surface area (Å²) in [6.07, 6.45) is 7.56. The van der Waals surface area contributed by atoms with Crippen molar-refractivity contribution in [3.8, 4) is 11.3 Å². The topological polar surface area (TPSA) is 91.2 Å². The Balaban J connectivity index is 1.58. The Kier molecular flexibility index (Phi) is 4.74. The van der Waals surface area contributed by atoms with Gasteiger partial charge in [0.2, 0.25) is 0 Å². The lowest BCUT2D eigenvalue weighted by Crippen LogP contribution is -2.30. The van der Waals surface area contributed by atoms with Gasteiger partial charge < -0.3 is 14.6 Å². The summed E-state index contributed by atoms with van der Waals surface area (Å²) in [4.78, 5) is 26.1. The van der Waals surface area contributed by atoms with Crippen molar-refractivity contribution in [1.29, 1.82) is 0 Å². The third-order valence-corrected chi connectivity index (χ3v) is 4.72. The molecule has 3 aromatic rings. The van der Waals surface area contributed by atoms with Crippen molar-refractivity contribution in [1.82, 2.24) is 10.2 Å². The van der Waals surface area contributed by atoms with Crippen LogP contribution in [0, 0.1) is 0 Å². The van der Waals surface area contributed by atoms with Crippen LogP contribution in [0.1, 0.15) is 40.2 Å². The molecule has 3 heterocycles. The average molecular weight is 364 g/mol. The molecule has 0 bridgehead atoms. The Morgan fingerprint density at radius 1 is 1.19 bits per heavy atom. The number of amides is 1. The van der Waals surface area contributed by atoms with E-state index in [-0.39, 0.29) is 11.7 Å². The number of hydrogen-bond acceptors (Lipinski definition) is 5. The zero-order chi connectivity index (χ0) is 18.6. The van der Waals surface area contributed by atoms with Gasteiger partial charge in [-0.1, -0.05) is 0 Å². The quantitative estimate of drug-likeness (QED) is 0.673. The molecule has 1 aliphatic rings. The number of piperidine rings is 1. The highest BCUT2D eigenvalue weighted by Gasteiger charge is 2.19. The van der Waals surface area contributed by atoms with Gasteiger partial charge in [-0.3, -0.25) is 14.7 Å². The number of aromatic nitrogens is 2. The van der Waals surface area contributed by atoms with Gasteiger partial charge in [0.15, 0.2) is 5.76 Å². The molecule has 1 saturated heterocycles. The predicted molar refractivity (Wildman–Crippen MR) is 102 cm³/mol. The summed E-state index contributed by atoms with van der Waals surface area (Å²) in [5.41, 5.74) is 2.91. The molecule has 2 N–H and O–H groups in total. The van der Waals surface area contributed by atoms with Crippen molar-refractivity contribution < 1.29 is 14.0 Å². The summed E-state index contributed by atoms with van der Waals surface area (Å²) in [7, 11) is 0. The monoisotopic (exact) mass is 364 g/mol. The number of benzene rings is 1. The Morgan fingerprint density at radius 2 is 2.04 bits per heavy atom. The van der Waals surface area contributed by atoms with Crippen molar-refractivity contribution >= 4 is 23.6 Å². The van der Waals surface area contributed by atoms with Crippen molar-refractivity contribution in [2.75, 3.05) is 23.3 Å². The summed E-state index contributed by atoms with van der Waals surface area (Å²) < 4.78 is 5.65. The van der Waals surface area contributed by atoms with Crippen LogP contribution in [-0.2, 0) is 0 Å². The van der Waals surface area contributed by atoms with Crippen LogP contribution in [0.25, 0.3) is 11.3 Å². The minimum absolute atomic E-state index is 0.218. The largest absolute Gasteiger partial charge is 0.451 e. The molecule has 2 aromatic heterocycles. The number of rotatable bonds is 5. The lowest BCUT2D eigenvalue weighted by molar-refractivity contribution is 0.0997. The van der Waals surface area contributed by atoms with Crippen molar-refractivity contribution in [2.45, 2.75) is 19.3 Å². The standard InChI is InChI=1S/C20H20N4O3/c25-13-14-4-5-16(17(10-14)24-8-2-1-3-9-24)23-20(26)19-7-6-18(27-19)15-11-21-22-12-15/h4-7,10-13H,1-3,8-9H2,(H,21,22)(H,23,26). The van der Waals surface area contributed by atoms with Gasteiger partial charge in [-0.15, -0.1) is 0 Å². The first-order valence-electron chi connectivity index (χ1n) is 8.99. The molecule has 0 atom stereocenters. The molecular formula is C20H20N4O3. The summed E-state index contributed by atoms with van der Waals surface area (Å²) in [6, 6.07) is 8.67. The molecule has 0 unspecified atom stereocenters. The van der Waals surface area contributed by atoms with Crippen LogP contribution in [0.2, 0.25) is 0 Å².